The van der Waals surface area contributed by atoms with Crippen molar-refractivity contribution in [2.45, 2.75) is 19.9 Å². The number of rotatable bonds is 7. The van der Waals surface area contributed by atoms with Gasteiger partial charge in [0.15, 0.2) is 0 Å². The van der Waals surface area contributed by atoms with Crippen molar-refractivity contribution in [1.82, 2.24) is 15.5 Å². The van der Waals surface area contributed by atoms with Gasteiger partial charge in [0, 0.05) is 23.8 Å². The summed E-state index contributed by atoms with van der Waals surface area (Å²) in [6, 6.07) is 12.7. The van der Waals surface area contributed by atoms with Crippen LogP contribution in [-0.4, -0.2) is 33.0 Å². The molecule has 0 saturated heterocycles. The minimum absolute atomic E-state index is 0.0332. The summed E-state index contributed by atoms with van der Waals surface area (Å²) in [5, 5.41) is 24.9. The maximum Gasteiger partial charge on any atom is 0.269 e. The molecule has 9 nitrogen and oxygen atoms in total. The van der Waals surface area contributed by atoms with Gasteiger partial charge in [-0.2, -0.15) is 0 Å². The monoisotopic (exact) mass is 437 g/mol. The van der Waals surface area contributed by atoms with Crippen LogP contribution >= 0.6 is 11.3 Å². The maximum atomic E-state index is 12.3. The Kier molecular flexibility index (Phi) is 6.83. The van der Waals surface area contributed by atoms with E-state index in [9.17, 15) is 19.7 Å². The third-order valence-electron chi connectivity index (χ3n) is 4.24. The van der Waals surface area contributed by atoms with Crippen LogP contribution in [0.25, 0.3) is 16.6 Å². The molecule has 1 aromatic heterocycles. The zero-order valence-electron chi connectivity index (χ0n) is 16.7. The summed E-state index contributed by atoms with van der Waals surface area (Å²) in [4.78, 5) is 34.6. The first-order valence-electron chi connectivity index (χ1n) is 9.26. The van der Waals surface area contributed by atoms with Crippen LogP contribution in [0.5, 0.6) is 0 Å². The number of nitro benzene ring substituents is 1. The van der Waals surface area contributed by atoms with Crippen molar-refractivity contribution >= 4 is 40.0 Å². The number of aromatic nitrogens is 2. The lowest BCUT2D eigenvalue weighted by molar-refractivity contribution is -0.384. The third kappa shape index (κ3) is 6.03. The molecule has 3 aromatic rings. The highest BCUT2D eigenvalue weighted by molar-refractivity contribution is 7.18. The van der Waals surface area contributed by atoms with E-state index < -0.39 is 22.8 Å². The highest BCUT2D eigenvalue weighted by Gasteiger charge is 2.17. The molecule has 1 atom stereocenters. The maximum absolute atomic E-state index is 12.3. The average molecular weight is 437 g/mol. The van der Waals surface area contributed by atoms with Gasteiger partial charge < -0.3 is 5.32 Å². The van der Waals surface area contributed by atoms with Gasteiger partial charge in [-0.15, -0.1) is 10.2 Å². The fourth-order valence-electron chi connectivity index (χ4n) is 2.51. The van der Waals surface area contributed by atoms with Crippen LogP contribution in [0.2, 0.25) is 0 Å². The first-order valence-corrected chi connectivity index (χ1v) is 10.1. The van der Waals surface area contributed by atoms with E-state index >= 15 is 0 Å². The van der Waals surface area contributed by atoms with E-state index in [2.05, 4.69) is 20.8 Å². The third-order valence-corrected chi connectivity index (χ3v) is 5.12. The van der Waals surface area contributed by atoms with E-state index in [1.165, 1.54) is 47.8 Å². The SMILES string of the molecule is Cc1ccc(-c2nnc(NC(=O)C(C)NC(=O)/C=C/c3ccc([N+](=O)[O-])cc3)s2)cc1. The van der Waals surface area contributed by atoms with Crippen LogP contribution in [0, 0.1) is 17.0 Å². The molecule has 0 bridgehead atoms. The topological polar surface area (TPSA) is 127 Å². The number of carbonyl (C=O) groups is 2. The van der Waals surface area contributed by atoms with Gasteiger partial charge in [-0.05, 0) is 37.6 Å². The Hall–Kier alpha value is -3.92. The smallest absolute Gasteiger partial charge is 0.269 e. The molecule has 1 unspecified atom stereocenters. The van der Waals surface area contributed by atoms with Crippen molar-refractivity contribution in [3.8, 4) is 10.6 Å². The molecule has 2 N–H and O–H groups in total. The van der Waals surface area contributed by atoms with Crippen LogP contribution in [0.3, 0.4) is 0 Å². The van der Waals surface area contributed by atoms with E-state index in [0.29, 0.717) is 15.7 Å². The van der Waals surface area contributed by atoms with E-state index in [4.69, 9.17) is 0 Å². The number of hydrogen-bond donors (Lipinski definition) is 2. The minimum atomic E-state index is -0.805. The normalized spacial score (nSPS) is 11.8. The number of nitrogens with zero attached hydrogens (tertiary/aromatic N) is 3. The first kappa shape index (κ1) is 21.8. The molecule has 31 heavy (non-hydrogen) atoms. The number of nitrogens with one attached hydrogen (secondary N) is 2. The van der Waals surface area contributed by atoms with Gasteiger partial charge in [0.1, 0.15) is 11.0 Å². The highest BCUT2D eigenvalue weighted by Crippen LogP contribution is 2.26. The van der Waals surface area contributed by atoms with Crippen LogP contribution < -0.4 is 10.6 Å². The van der Waals surface area contributed by atoms with Crippen molar-refractivity contribution in [3.05, 3.63) is 75.8 Å². The summed E-state index contributed by atoms with van der Waals surface area (Å²) < 4.78 is 0. The summed E-state index contributed by atoms with van der Waals surface area (Å²) in [6.45, 7) is 3.54. The van der Waals surface area contributed by atoms with Gasteiger partial charge in [0.25, 0.3) is 5.69 Å². The van der Waals surface area contributed by atoms with Gasteiger partial charge in [0.05, 0.1) is 4.92 Å². The predicted octanol–water partition coefficient (Wildman–Crippen LogP) is 3.58. The summed E-state index contributed by atoms with van der Waals surface area (Å²) in [6.07, 6.45) is 2.76. The Bertz CT molecular complexity index is 1120. The van der Waals surface area contributed by atoms with Gasteiger partial charge in [0.2, 0.25) is 16.9 Å². The molecule has 0 fully saturated rings. The molecule has 3 rings (SSSR count). The Morgan fingerprint density at radius 2 is 1.77 bits per heavy atom. The standard InChI is InChI=1S/C21H19N5O4S/c1-13-3-8-16(9-4-13)20-24-25-21(31-20)23-19(28)14(2)22-18(27)12-7-15-5-10-17(11-6-15)26(29)30/h3-12,14H,1-2H3,(H,22,27)(H,23,25,28)/b12-7+. The second-order valence-corrected chi connectivity index (χ2v) is 7.66. The summed E-state index contributed by atoms with van der Waals surface area (Å²) in [5.41, 5.74) is 2.62. The molecule has 158 valence electrons. The molecule has 0 aliphatic rings. The van der Waals surface area contributed by atoms with Gasteiger partial charge >= 0.3 is 0 Å². The number of nitro groups is 1. The molecular weight excluding hydrogens is 418 g/mol. The van der Waals surface area contributed by atoms with E-state index in [-0.39, 0.29) is 5.69 Å². The zero-order valence-corrected chi connectivity index (χ0v) is 17.6. The van der Waals surface area contributed by atoms with Gasteiger partial charge in [-0.25, -0.2) is 0 Å². The van der Waals surface area contributed by atoms with E-state index in [0.717, 1.165) is 11.1 Å². The summed E-state index contributed by atoms with van der Waals surface area (Å²) >= 11 is 1.24. The number of anilines is 1. The van der Waals surface area contributed by atoms with E-state index in [1.807, 2.05) is 31.2 Å². The van der Waals surface area contributed by atoms with Gasteiger partial charge in [-0.1, -0.05) is 41.2 Å². The number of amides is 2. The molecule has 0 saturated carbocycles. The van der Waals surface area contributed by atoms with Crippen molar-refractivity contribution in [2.24, 2.45) is 0 Å². The lowest BCUT2D eigenvalue weighted by atomic mass is 10.2. The Morgan fingerprint density at radius 3 is 2.42 bits per heavy atom. The average Bonchev–Trinajstić information content (AvgIpc) is 3.21. The highest BCUT2D eigenvalue weighted by atomic mass is 32.1. The molecule has 2 amide bonds. The molecule has 2 aromatic carbocycles. The van der Waals surface area contributed by atoms with Crippen molar-refractivity contribution < 1.29 is 14.5 Å². The fourth-order valence-corrected chi connectivity index (χ4v) is 3.26. The van der Waals surface area contributed by atoms with Crippen molar-refractivity contribution in [1.29, 1.82) is 0 Å². The second-order valence-electron chi connectivity index (χ2n) is 6.68. The molecule has 0 aliphatic carbocycles. The Labute approximate surface area is 182 Å². The lowest BCUT2D eigenvalue weighted by Crippen LogP contribution is -2.40. The van der Waals surface area contributed by atoms with Crippen molar-refractivity contribution in [2.75, 3.05) is 5.32 Å². The molecule has 10 heteroatoms. The number of hydrogen-bond acceptors (Lipinski definition) is 7. The Morgan fingerprint density at radius 1 is 1.10 bits per heavy atom. The molecule has 0 radical (unpaired) electrons. The number of aryl methyl sites for hydroxylation is 1. The quantitative estimate of drug-likeness (QED) is 0.330. The molecular formula is C21H19N5O4S. The fraction of sp³-hybridized carbons (Fsp3) is 0.143. The number of carbonyl (C=O) groups excluding carboxylic acids is 2. The molecule has 0 aliphatic heterocycles. The lowest BCUT2D eigenvalue weighted by Gasteiger charge is -2.11. The predicted molar refractivity (Wildman–Crippen MR) is 118 cm³/mol. The largest absolute Gasteiger partial charge is 0.341 e. The number of non-ortho nitro benzene ring substituents is 1. The minimum Gasteiger partial charge on any atom is -0.341 e. The van der Waals surface area contributed by atoms with Gasteiger partial charge in [-0.3, -0.25) is 25.0 Å². The van der Waals surface area contributed by atoms with Crippen LogP contribution in [0.1, 0.15) is 18.1 Å². The van der Waals surface area contributed by atoms with Crippen LogP contribution in [0.15, 0.2) is 54.6 Å². The van der Waals surface area contributed by atoms with E-state index in [1.54, 1.807) is 6.92 Å². The summed E-state index contributed by atoms with van der Waals surface area (Å²) in [5.74, 6) is -0.901. The summed E-state index contributed by atoms with van der Waals surface area (Å²) in [7, 11) is 0. The molecule has 1 heterocycles. The first-order chi connectivity index (χ1) is 14.8. The van der Waals surface area contributed by atoms with Crippen LogP contribution in [-0.2, 0) is 9.59 Å². The zero-order chi connectivity index (χ0) is 22.4. The second kappa shape index (κ2) is 9.72. The Balaban J connectivity index is 1.53. The number of benzene rings is 2. The molecule has 0 spiro atoms. The van der Waals surface area contributed by atoms with Crippen LogP contribution in [0.4, 0.5) is 10.8 Å². The van der Waals surface area contributed by atoms with Crippen molar-refractivity contribution in [3.63, 3.8) is 0 Å².